The molecule has 3 N–H and O–H groups in total. The van der Waals surface area contributed by atoms with Gasteiger partial charge in [-0.15, -0.1) is 0 Å². The van der Waals surface area contributed by atoms with E-state index in [-0.39, 0.29) is 18.9 Å². The molecular weight excluding hydrogens is 341 g/mol. The van der Waals surface area contributed by atoms with Gasteiger partial charge in [0.1, 0.15) is 30.5 Å². The maximum absolute atomic E-state index is 13.9. The Hall–Kier alpha value is -2.78. The molecule has 1 fully saturated rings. The van der Waals surface area contributed by atoms with Crippen molar-refractivity contribution in [2.75, 3.05) is 28.8 Å². The average molecular weight is 359 g/mol. The molecule has 3 atom stereocenters. The van der Waals surface area contributed by atoms with Gasteiger partial charge in [0.25, 0.3) is 5.91 Å². The minimum Gasteiger partial charge on any atom is -0.394 e. The molecule has 9 heteroatoms. The second-order valence-electron chi connectivity index (χ2n) is 6.11. The fourth-order valence-electron chi connectivity index (χ4n) is 3.14. The number of halogens is 1. The van der Waals surface area contributed by atoms with Crippen molar-refractivity contribution < 1.29 is 19.0 Å². The number of ether oxygens (including phenoxy) is 1. The predicted molar refractivity (Wildman–Crippen MR) is 92.7 cm³/mol. The Balaban J connectivity index is 1.54. The summed E-state index contributed by atoms with van der Waals surface area (Å²) >= 11 is 0. The van der Waals surface area contributed by atoms with E-state index in [4.69, 9.17) is 4.74 Å². The van der Waals surface area contributed by atoms with Crippen LogP contribution in [0.3, 0.4) is 0 Å². The average Bonchev–Trinajstić information content (AvgIpc) is 3.26. The van der Waals surface area contributed by atoms with Gasteiger partial charge in [-0.25, -0.2) is 14.4 Å². The van der Waals surface area contributed by atoms with Gasteiger partial charge < -0.3 is 25.4 Å². The first-order chi connectivity index (χ1) is 12.7. The maximum atomic E-state index is 13.9. The molecule has 0 bridgehead atoms. The molecular formula is C17H18FN5O3. The Bertz CT molecular complexity index is 806. The third-order valence-corrected chi connectivity index (χ3v) is 4.48. The van der Waals surface area contributed by atoms with E-state index in [1.54, 1.807) is 29.2 Å². The van der Waals surface area contributed by atoms with Gasteiger partial charge in [0.15, 0.2) is 11.6 Å². The van der Waals surface area contributed by atoms with Crippen LogP contribution < -0.4 is 15.5 Å². The largest absolute Gasteiger partial charge is 0.394 e. The van der Waals surface area contributed by atoms with E-state index >= 15 is 0 Å². The molecule has 1 aromatic heterocycles. The van der Waals surface area contributed by atoms with Gasteiger partial charge in [-0.2, -0.15) is 0 Å². The van der Waals surface area contributed by atoms with Gasteiger partial charge in [0.2, 0.25) is 0 Å². The Morgan fingerprint density at radius 3 is 2.92 bits per heavy atom. The Kier molecular flexibility index (Phi) is 4.39. The molecule has 4 rings (SSSR count). The van der Waals surface area contributed by atoms with Gasteiger partial charge in [-0.05, 0) is 12.1 Å². The molecule has 2 aromatic rings. The number of amides is 1. The number of nitrogens with zero attached hydrogens (tertiary/aromatic N) is 3. The van der Waals surface area contributed by atoms with E-state index < -0.39 is 18.5 Å². The number of alkyl halides is 1. The summed E-state index contributed by atoms with van der Waals surface area (Å²) in [5, 5.41) is 15.1. The van der Waals surface area contributed by atoms with E-state index in [1.165, 1.54) is 6.33 Å². The van der Waals surface area contributed by atoms with Crippen LogP contribution >= 0.6 is 0 Å². The van der Waals surface area contributed by atoms with E-state index in [0.29, 0.717) is 29.6 Å². The van der Waals surface area contributed by atoms with Crippen LogP contribution in [-0.2, 0) is 4.74 Å². The van der Waals surface area contributed by atoms with Gasteiger partial charge in [0.05, 0.1) is 13.3 Å². The second kappa shape index (κ2) is 6.85. The molecule has 0 aliphatic carbocycles. The normalized spacial score (nSPS) is 24.2. The number of carbonyl (C=O) groups excluding carboxylic acids is 1. The quantitative estimate of drug-likeness (QED) is 0.758. The predicted octanol–water partition coefficient (Wildman–Crippen LogP) is 1.36. The third-order valence-electron chi connectivity index (χ3n) is 4.48. The summed E-state index contributed by atoms with van der Waals surface area (Å²) in [4.78, 5) is 22.5. The minimum atomic E-state index is -1.23. The number of hydrogen-bond donors (Lipinski definition) is 3. The zero-order chi connectivity index (χ0) is 18.1. The summed E-state index contributed by atoms with van der Waals surface area (Å²) in [7, 11) is 0. The number of benzene rings is 1. The molecule has 1 aromatic carbocycles. The first-order valence-electron chi connectivity index (χ1n) is 8.29. The van der Waals surface area contributed by atoms with Crippen molar-refractivity contribution >= 4 is 23.2 Å². The van der Waals surface area contributed by atoms with E-state index in [0.717, 1.165) is 0 Å². The number of hydrogen-bond acceptors (Lipinski definition) is 7. The lowest BCUT2D eigenvalue weighted by Crippen LogP contribution is -2.35. The van der Waals surface area contributed by atoms with Gasteiger partial charge >= 0.3 is 0 Å². The van der Waals surface area contributed by atoms with Crippen molar-refractivity contribution in [1.82, 2.24) is 9.97 Å². The fourth-order valence-corrected chi connectivity index (χ4v) is 3.14. The number of aromatic nitrogens is 2. The number of fused-ring (bicyclic) bond motifs is 1. The molecule has 1 saturated heterocycles. The zero-order valence-electron chi connectivity index (χ0n) is 13.8. The number of carbonyl (C=O) groups is 1. The highest BCUT2D eigenvalue weighted by Crippen LogP contribution is 2.38. The zero-order valence-corrected chi connectivity index (χ0v) is 13.8. The second-order valence-corrected chi connectivity index (χ2v) is 6.11. The van der Waals surface area contributed by atoms with Gasteiger partial charge in [-0.3, -0.25) is 4.79 Å². The summed E-state index contributed by atoms with van der Waals surface area (Å²) in [6.45, 7) is -0.0221. The van der Waals surface area contributed by atoms with Gasteiger partial charge in [-0.1, -0.05) is 18.2 Å². The Morgan fingerprint density at radius 2 is 2.19 bits per heavy atom. The van der Waals surface area contributed by atoms with E-state index in [2.05, 4.69) is 20.6 Å². The molecule has 0 spiro atoms. The molecule has 2 aliphatic heterocycles. The van der Waals surface area contributed by atoms with Crippen LogP contribution in [0.15, 0.2) is 36.7 Å². The van der Waals surface area contributed by atoms with Crippen LogP contribution in [0.5, 0.6) is 0 Å². The van der Waals surface area contributed by atoms with Crippen molar-refractivity contribution in [3.05, 3.63) is 42.2 Å². The molecule has 0 saturated carbocycles. The molecule has 2 unspecified atom stereocenters. The van der Waals surface area contributed by atoms with Crippen molar-refractivity contribution in [3.63, 3.8) is 0 Å². The maximum Gasteiger partial charge on any atom is 0.256 e. The smallest absolute Gasteiger partial charge is 0.256 e. The van der Waals surface area contributed by atoms with Crippen LogP contribution in [0.2, 0.25) is 0 Å². The van der Waals surface area contributed by atoms with Crippen molar-refractivity contribution in [2.45, 2.75) is 24.9 Å². The summed E-state index contributed by atoms with van der Waals surface area (Å²) in [6.07, 6.45) is -1.12. The monoisotopic (exact) mass is 359 g/mol. The SMILES string of the molecule is O=C(Nc1ncnc2c1NCN2C1C[C@H](F)C(CO)O1)c1ccccc1. The fraction of sp³-hybridized carbons (Fsp3) is 0.353. The highest BCUT2D eigenvalue weighted by molar-refractivity contribution is 6.06. The van der Waals surface area contributed by atoms with Crippen LogP contribution in [0, 0.1) is 0 Å². The number of nitrogens with one attached hydrogen (secondary N) is 2. The van der Waals surface area contributed by atoms with Crippen molar-refractivity contribution in [3.8, 4) is 0 Å². The lowest BCUT2D eigenvalue weighted by molar-refractivity contribution is -0.00557. The first-order valence-corrected chi connectivity index (χ1v) is 8.29. The molecule has 26 heavy (non-hydrogen) atoms. The highest BCUT2D eigenvalue weighted by atomic mass is 19.1. The Morgan fingerprint density at radius 1 is 1.38 bits per heavy atom. The van der Waals surface area contributed by atoms with E-state index in [1.807, 2.05) is 6.07 Å². The van der Waals surface area contributed by atoms with Crippen LogP contribution in [-0.4, -0.2) is 52.8 Å². The summed E-state index contributed by atoms with van der Waals surface area (Å²) < 4.78 is 19.5. The molecule has 1 amide bonds. The minimum absolute atomic E-state index is 0.141. The number of aliphatic hydroxyl groups excluding tert-OH is 1. The van der Waals surface area contributed by atoms with Crippen molar-refractivity contribution in [1.29, 1.82) is 0 Å². The number of rotatable bonds is 4. The highest BCUT2D eigenvalue weighted by Gasteiger charge is 2.41. The number of aliphatic hydroxyl groups is 1. The standard InChI is InChI=1S/C17H18FN5O3/c18-11-6-13(26-12(11)7-24)23-9-21-14-15(19-8-20-16(14)23)22-17(25)10-4-2-1-3-5-10/h1-5,8,11-13,21,24H,6-7,9H2,(H,19,20,22,25)/t11-,12?,13?/m0/s1. The van der Waals surface area contributed by atoms with Crippen molar-refractivity contribution in [2.24, 2.45) is 0 Å². The third kappa shape index (κ3) is 2.95. The lowest BCUT2D eigenvalue weighted by Gasteiger charge is -2.24. The van der Waals surface area contributed by atoms with Crippen LogP contribution in [0.4, 0.5) is 21.7 Å². The topological polar surface area (TPSA) is 99.6 Å². The lowest BCUT2D eigenvalue weighted by atomic mass is 10.2. The van der Waals surface area contributed by atoms with Gasteiger partial charge in [0, 0.05) is 12.0 Å². The molecule has 0 radical (unpaired) electrons. The molecule has 8 nitrogen and oxygen atoms in total. The summed E-state index contributed by atoms with van der Waals surface area (Å²) in [6, 6.07) is 8.81. The van der Waals surface area contributed by atoms with Crippen LogP contribution in [0.25, 0.3) is 0 Å². The molecule has 3 heterocycles. The first kappa shape index (κ1) is 16.7. The van der Waals surface area contributed by atoms with Crippen LogP contribution in [0.1, 0.15) is 16.8 Å². The summed E-state index contributed by atoms with van der Waals surface area (Å²) in [5.74, 6) is 0.590. The number of anilines is 3. The molecule has 2 aliphatic rings. The summed E-state index contributed by atoms with van der Waals surface area (Å²) in [5.41, 5.74) is 1.07. The molecule has 136 valence electrons. The Labute approximate surface area is 149 Å². The van der Waals surface area contributed by atoms with E-state index in [9.17, 15) is 14.3 Å².